The number of anilines is 1. The normalized spacial score (nSPS) is 10.6. The molecular weight excluding hydrogens is 176 g/mol. The van der Waals surface area contributed by atoms with Gasteiger partial charge in [-0.05, 0) is 25.1 Å². The number of hydrogen-bond acceptors (Lipinski definition) is 2. The minimum atomic E-state index is 0.0253. The molecule has 2 rings (SSSR count). The summed E-state index contributed by atoms with van der Waals surface area (Å²) in [6.45, 7) is 2.63. The lowest BCUT2D eigenvalue weighted by Gasteiger charge is -2.05. The monoisotopic (exact) mass is 188 g/mol. The molecule has 0 fully saturated rings. The zero-order valence-corrected chi connectivity index (χ0v) is 8.03. The highest BCUT2D eigenvalue weighted by atomic mass is 16.1. The van der Waals surface area contributed by atoms with Crippen molar-refractivity contribution >= 4 is 16.5 Å². The van der Waals surface area contributed by atoms with Crippen LogP contribution in [-0.2, 0) is 6.54 Å². The van der Waals surface area contributed by atoms with Crippen molar-refractivity contribution in [1.82, 2.24) is 4.57 Å². The van der Waals surface area contributed by atoms with Gasteiger partial charge in [0, 0.05) is 29.2 Å². The lowest BCUT2D eigenvalue weighted by molar-refractivity contribution is 0.735. The first-order valence-electron chi connectivity index (χ1n) is 4.61. The van der Waals surface area contributed by atoms with Gasteiger partial charge in [-0.2, -0.15) is 0 Å². The van der Waals surface area contributed by atoms with Crippen LogP contribution in [0.4, 0.5) is 5.69 Å². The van der Waals surface area contributed by atoms with Gasteiger partial charge in [0.1, 0.15) is 0 Å². The molecule has 0 atom stereocenters. The average molecular weight is 188 g/mol. The van der Waals surface area contributed by atoms with E-state index in [1.165, 1.54) is 0 Å². The Morgan fingerprint density at radius 3 is 2.79 bits per heavy atom. The van der Waals surface area contributed by atoms with Crippen LogP contribution in [0.15, 0.2) is 35.3 Å². The van der Waals surface area contributed by atoms with Gasteiger partial charge in [-0.25, -0.2) is 0 Å². The molecule has 0 aliphatic heterocycles. The van der Waals surface area contributed by atoms with Crippen LogP contribution in [0.1, 0.15) is 6.92 Å². The summed E-state index contributed by atoms with van der Waals surface area (Å²) in [6, 6.07) is 7.30. The number of nitrogen functional groups attached to an aromatic ring is 1. The van der Waals surface area contributed by atoms with Crippen LogP contribution in [0.25, 0.3) is 10.8 Å². The van der Waals surface area contributed by atoms with Gasteiger partial charge in [0.05, 0.1) is 0 Å². The molecule has 1 aromatic carbocycles. The second kappa shape index (κ2) is 3.18. The average Bonchev–Trinajstić information content (AvgIpc) is 2.20. The smallest absolute Gasteiger partial charge is 0.258 e. The Morgan fingerprint density at radius 1 is 1.29 bits per heavy atom. The molecule has 3 nitrogen and oxygen atoms in total. The van der Waals surface area contributed by atoms with E-state index >= 15 is 0 Å². The summed E-state index contributed by atoms with van der Waals surface area (Å²) in [6.07, 6.45) is 1.78. The lowest BCUT2D eigenvalue weighted by Crippen LogP contribution is -2.18. The Labute approximate surface area is 81.8 Å². The number of nitrogens with zero attached hydrogens (tertiary/aromatic N) is 1. The first kappa shape index (κ1) is 8.81. The second-order valence-corrected chi connectivity index (χ2v) is 3.22. The van der Waals surface area contributed by atoms with Crippen LogP contribution >= 0.6 is 0 Å². The van der Waals surface area contributed by atoms with Crippen LogP contribution < -0.4 is 11.3 Å². The number of pyridine rings is 1. The molecule has 2 N–H and O–H groups in total. The number of hydrogen-bond donors (Lipinski definition) is 1. The molecule has 1 heterocycles. The summed E-state index contributed by atoms with van der Waals surface area (Å²) >= 11 is 0. The quantitative estimate of drug-likeness (QED) is 0.691. The Morgan fingerprint density at radius 2 is 2.07 bits per heavy atom. The van der Waals surface area contributed by atoms with E-state index in [-0.39, 0.29) is 5.56 Å². The maximum Gasteiger partial charge on any atom is 0.258 e. The van der Waals surface area contributed by atoms with Crippen molar-refractivity contribution in [2.75, 3.05) is 5.73 Å². The molecule has 0 radical (unpaired) electrons. The van der Waals surface area contributed by atoms with Crippen molar-refractivity contribution in [3.63, 3.8) is 0 Å². The molecule has 0 bridgehead atoms. The second-order valence-electron chi connectivity index (χ2n) is 3.22. The molecule has 0 aliphatic carbocycles. The summed E-state index contributed by atoms with van der Waals surface area (Å²) in [5.74, 6) is 0. The largest absolute Gasteiger partial charge is 0.398 e. The predicted molar refractivity (Wildman–Crippen MR) is 58.3 cm³/mol. The maximum absolute atomic E-state index is 11.8. The fourth-order valence-electron chi connectivity index (χ4n) is 1.59. The highest BCUT2D eigenvalue weighted by Crippen LogP contribution is 2.16. The van der Waals surface area contributed by atoms with Gasteiger partial charge in [0.15, 0.2) is 0 Å². The minimum absolute atomic E-state index is 0.0253. The fraction of sp³-hybridized carbons (Fsp3) is 0.182. The number of fused-ring (bicyclic) bond motifs is 1. The van der Waals surface area contributed by atoms with Gasteiger partial charge in [0.2, 0.25) is 0 Å². The van der Waals surface area contributed by atoms with Crippen molar-refractivity contribution in [1.29, 1.82) is 0 Å². The van der Waals surface area contributed by atoms with E-state index in [1.54, 1.807) is 29.0 Å². The summed E-state index contributed by atoms with van der Waals surface area (Å²) in [5, 5.41) is 1.52. The number of rotatable bonds is 1. The van der Waals surface area contributed by atoms with E-state index in [0.717, 1.165) is 5.39 Å². The molecule has 0 spiro atoms. The SMILES string of the molecule is CCn1ccc2c(N)cccc2c1=O. The van der Waals surface area contributed by atoms with Crippen LogP contribution in [-0.4, -0.2) is 4.57 Å². The third kappa shape index (κ3) is 1.18. The third-order valence-corrected chi connectivity index (χ3v) is 2.39. The first-order chi connectivity index (χ1) is 6.74. The third-order valence-electron chi connectivity index (χ3n) is 2.39. The van der Waals surface area contributed by atoms with Gasteiger partial charge in [-0.1, -0.05) is 6.07 Å². The molecule has 0 saturated carbocycles. The molecule has 0 amide bonds. The van der Waals surface area contributed by atoms with E-state index in [2.05, 4.69) is 0 Å². The Hall–Kier alpha value is -1.77. The highest BCUT2D eigenvalue weighted by molar-refractivity contribution is 5.91. The lowest BCUT2D eigenvalue weighted by atomic mass is 10.1. The van der Waals surface area contributed by atoms with E-state index in [9.17, 15) is 4.79 Å². The van der Waals surface area contributed by atoms with Crippen LogP contribution in [0.2, 0.25) is 0 Å². The summed E-state index contributed by atoms with van der Waals surface area (Å²) < 4.78 is 1.67. The molecule has 14 heavy (non-hydrogen) atoms. The zero-order valence-electron chi connectivity index (χ0n) is 8.03. The predicted octanol–water partition coefficient (Wildman–Crippen LogP) is 1.60. The number of nitrogens with two attached hydrogens (primary N) is 1. The number of aryl methyl sites for hydroxylation is 1. The van der Waals surface area contributed by atoms with Gasteiger partial charge >= 0.3 is 0 Å². The van der Waals surface area contributed by atoms with E-state index in [4.69, 9.17) is 5.73 Å². The molecule has 3 heteroatoms. The Bertz CT molecular complexity index is 528. The molecule has 0 aliphatic rings. The van der Waals surface area contributed by atoms with E-state index in [1.807, 2.05) is 13.0 Å². The molecule has 2 aromatic rings. The van der Waals surface area contributed by atoms with Crippen LogP contribution in [0.5, 0.6) is 0 Å². The van der Waals surface area contributed by atoms with Crippen molar-refractivity contribution in [3.05, 3.63) is 40.8 Å². The van der Waals surface area contributed by atoms with E-state index < -0.39 is 0 Å². The fourth-order valence-corrected chi connectivity index (χ4v) is 1.59. The standard InChI is InChI=1S/C11H12N2O/c1-2-13-7-6-8-9(11(13)14)4-3-5-10(8)12/h3-7H,2,12H2,1H3. The van der Waals surface area contributed by atoms with Gasteiger partial charge in [0.25, 0.3) is 5.56 Å². The molecular formula is C11H12N2O. The molecule has 72 valence electrons. The molecule has 1 aromatic heterocycles. The van der Waals surface area contributed by atoms with Gasteiger partial charge < -0.3 is 10.3 Å². The Balaban J connectivity index is 2.91. The summed E-state index contributed by atoms with van der Waals surface area (Å²) in [4.78, 5) is 11.8. The van der Waals surface area contributed by atoms with Crippen LogP contribution in [0, 0.1) is 0 Å². The van der Waals surface area contributed by atoms with E-state index in [0.29, 0.717) is 17.6 Å². The summed E-state index contributed by atoms with van der Waals surface area (Å²) in [7, 11) is 0. The maximum atomic E-state index is 11.8. The van der Waals surface area contributed by atoms with Crippen molar-refractivity contribution in [2.45, 2.75) is 13.5 Å². The molecule has 0 unspecified atom stereocenters. The van der Waals surface area contributed by atoms with Crippen molar-refractivity contribution in [3.8, 4) is 0 Å². The number of benzene rings is 1. The Kier molecular flexibility index (Phi) is 2.00. The zero-order chi connectivity index (χ0) is 10.1. The van der Waals surface area contributed by atoms with Crippen LogP contribution in [0.3, 0.4) is 0 Å². The minimum Gasteiger partial charge on any atom is -0.398 e. The topological polar surface area (TPSA) is 48.0 Å². The summed E-state index contributed by atoms with van der Waals surface area (Å²) in [5.41, 5.74) is 6.45. The van der Waals surface area contributed by atoms with Gasteiger partial charge in [-0.3, -0.25) is 4.79 Å². The van der Waals surface area contributed by atoms with Gasteiger partial charge in [-0.15, -0.1) is 0 Å². The van der Waals surface area contributed by atoms with Crippen molar-refractivity contribution in [2.24, 2.45) is 0 Å². The number of aromatic nitrogens is 1. The first-order valence-corrected chi connectivity index (χ1v) is 4.61. The highest BCUT2D eigenvalue weighted by Gasteiger charge is 2.02. The van der Waals surface area contributed by atoms with Crippen molar-refractivity contribution < 1.29 is 0 Å². The molecule has 0 saturated heterocycles.